The molecule has 0 aromatic heterocycles. The number of morpholine rings is 1. The van der Waals surface area contributed by atoms with Gasteiger partial charge in [0.25, 0.3) is 0 Å². The van der Waals surface area contributed by atoms with E-state index in [9.17, 15) is 8.78 Å². The van der Waals surface area contributed by atoms with E-state index in [1.165, 1.54) is 18.0 Å². The first-order valence-electron chi connectivity index (χ1n) is 9.52. The van der Waals surface area contributed by atoms with Crippen molar-refractivity contribution in [3.8, 4) is 0 Å². The second-order valence-electron chi connectivity index (χ2n) is 7.06. The van der Waals surface area contributed by atoms with Crippen molar-refractivity contribution in [3.63, 3.8) is 0 Å². The maximum absolute atomic E-state index is 14.8. The zero-order valence-corrected chi connectivity index (χ0v) is 16.8. The molecule has 3 rings (SSSR count). The van der Waals surface area contributed by atoms with E-state index in [4.69, 9.17) is 4.74 Å². The highest BCUT2D eigenvalue weighted by Crippen LogP contribution is 2.31. The Morgan fingerprint density at radius 2 is 2.17 bits per heavy atom. The van der Waals surface area contributed by atoms with E-state index in [0.29, 0.717) is 48.9 Å². The minimum absolute atomic E-state index is 0.180. The second-order valence-corrected chi connectivity index (χ2v) is 7.06. The van der Waals surface area contributed by atoms with Crippen LogP contribution >= 0.6 is 0 Å². The summed E-state index contributed by atoms with van der Waals surface area (Å²) in [4.78, 5) is 1.94. The quantitative estimate of drug-likeness (QED) is 0.708. The van der Waals surface area contributed by atoms with Crippen LogP contribution in [0.2, 0.25) is 0 Å². The van der Waals surface area contributed by atoms with Gasteiger partial charge in [-0.25, -0.2) is 13.8 Å². The van der Waals surface area contributed by atoms with E-state index in [1.54, 1.807) is 18.2 Å². The molecule has 0 radical (unpaired) electrons. The normalized spacial score (nSPS) is 17.4. The smallest absolute Gasteiger partial charge is 0.157 e. The van der Waals surface area contributed by atoms with Crippen molar-refractivity contribution < 1.29 is 13.5 Å². The van der Waals surface area contributed by atoms with Crippen LogP contribution in [0.4, 0.5) is 14.5 Å². The summed E-state index contributed by atoms with van der Waals surface area (Å²) in [7, 11) is 0. The number of hydrogen-bond donors (Lipinski definition) is 1. The molecular formula is C22H26F2N4O. The summed E-state index contributed by atoms with van der Waals surface area (Å²) in [5.74, 6) is 0.748. The van der Waals surface area contributed by atoms with Crippen LogP contribution in [0.5, 0.6) is 0 Å². The van der Waals surface area contributed by atoms with Gasteiger partial charge in [-0.1, -0.05) is 30.9 Å². The van der Waals surface area contributed by atoms with Crippen LogP contribution < -0.4 is 10.3 Å². The SMILES string of the molecule is C=C(N/C=C(\C)CC/C=C(\C)F)c1ccc(N2N=C3COCCN3C2=C)c(F)c1. The Balaban J connectivity index is 1.66. The van der Waals surface area contributed by atoms with Crippen molar-refractivity contribution >= 4 is 17.2 Å². The molecule has 1 N–H and O–H groups in total. The highest BCUT2D eigenvalue weighted by molar-refractivity contribution is 5.90. The Kier molecular flexibility index (Phi) is 6.49. The number of fused-ring (bicyclic) bond motifs is 1. The summed E-state index contributed by atoms with van der Waals surface area (Å²) in [6.07, 6.45) is 4.72. The number of halogens is 2. The molecule has 154 valence electrons. The lowest BCUT2D eigenvalue weighted by Crippen LogP contribution is -2.38. The molecule has 0 spiro atoms. The van der Waals surface area contributed by atoms with Gasteiger partial charge in [0.2, 0.25) is 0 Å². The van der Waals surface area contributed by atoms with E-state index in [0.717, 1.165) is 17.8 Å². The van der Waals surface area contributed by atoms with Gasteiger partial charge in [-0.2, -0.15) is 5.10 Å². The Hall–Kier alpha value is -2.93. The van der Waals surface area contributed by atoms with E-state index < -0.39 is 5.82 Å². The van der Waals surface area contributed by atoms with Crippen molar-refractivity contribution in [1.29, 1.82) is 0 Å². The maximum atomic E-state index is 14.8. The first kappa shape index (κ1) is 20.8. The van der Waals surface area contributed by atoms with Crippen LogP contribution in [0, 0.1) is 5.82 Å². The molecule has 0 aliphatic carbocycles. The third-order valence-corrected chi connectivity index (χ3v) is 4.75. The molecule has 5 nitrogen and oxygen atoms in total. The average Bonchev–Trinajstić information content (AvgIpc) is 3.02. The third kappa shape index (κ3) is 4.92. The fourth-order valence-electron chi connectivity index (χ4n) is 3.10. The van der Waals surface area contributed by atoms with Gasteiger partial charge in [0.05, 0.1) is 12.4 Å². The van der Waals surface area contributed by atoms with E-state index in [2.05, 4.69) is 23.6 Å². The molecule has 2 heterocycles. The number of nitrogens with one attached hydrogen (secondary N) is 1. The summed E-state index contributed by atoms with van der Waals surface area (Å²) < 4.78 is 33.0. The topological polar surface area (TPSA) is 40.1 Å². The predicted octanol–water partition coefficient (Wildman–Crippen LogP) is 4.88. The summed E-state index contributed by atoms with van der Waals surface area (Å²) >= 11 is 0. The lowest BCUT2D eigenvalue weighted by molar-refractivity contribution is 0.130. The molecular weight excluding hydrogens is 374 g/mol. The van der Waals surface area contributed by atoms with Crippen molar-refractivity contribution in [1.82, 2.24) is 10.2 Å². The summed E-state index contributed by atoms with van der Waals surface area (Å²) in [5, 5.41) is 9.01. The number of allylic oxidation sites excluding steroid dienone is 3. The first-order valence-corrected chi connectivity index (χ1v) is 9.52. The lowest BCUT2D eigenvalue weighted by Gasteiger charge is -2.26. The summed E-state index contributed by atoms with van der Waals surface area (Å²) in [5.41, 5.74) is 2.58. The van der Waals surface area contributed by atoms with Crippen LogP contribution in [-0.2, 0) is 4.74 Å². The first-order chi connectivity index (χ1) is 13.9. The van der Waals surface area contributed by atoms with Gasteiger partial charge < -0.3 is 15.0 Å². The standard InChI is InChI=1S/C22H26F2N4O/c1-15(6-5-7-16(2)23)13-25-17(3)19-8-9-21(20(24)12-19)28-18(4)27-10-11-29-14-22(27)26-28/h7-9,12-13,25H,3-6,10-11,14H2,1-2H3/b15-13+,16-7+. The summed E-state index contributed by atoms with van der Waals surface area (Å²) in [6.45, 7) is 13.0. The zero-order valence-electron chi connectivity index (χ0n) is 16.8. The lowest BCUT2D eigenvalue weighted by atomic mass is 10.1. The van der Waals surface area contributed by atoms with Crippen molar-refractivity contribution in [2.75, 3.05) is 24.8 Å². The minimum atomic E-state index is -0.416. The predicted molar refractivity (Wildman–Crippen MR) is 113 cm³/mol. The van der Waals surface area contributed by atoms with Gasteiger partial charge in [-0.15, -0.1) is 0 Å². The number of rotatable bonds is 7. The molecule has 1 aromatic carbocycles. The number of anilines is 1. The Morgan fingerprint density at radius 3 is 2.86 bits per heavy atom. The average molecular weight is 400 g/mol. The van der Waals surface area contributed by atoms with Crippen LogP contribution in [-0.4, -0.2) is 30.5 Å². The fourth-order valence-corrected chi connectivity index (χ4v) is 3.10. The van der Waals surface area contributed by atoms with Crippen LogP contribution in [0.1, 0.15) is 32.3 Å². The number of hydrogen-bond acceptors (Lipinski definition) is 5. The molecule has 29 heavy (non-hydrogen) atoms. The van der Waals surface area contributed by atoms with Gasteiger partial charge in [-0.3, -0.25) is 0 Å². The van der Waals surface area contributed by atoms with Crippen LogP contribution in [0.25, 0.3) is 5.70 Å². The zero-order chi connectivity index (χ0) is 21.0. The highest BCUT2D eigenvalue weighted by atomic mass is 19.1. The van der Waals surface area contributed by atoms with Gasteiger partial charge in [0.15, 0.2) is 5.84 Å². The second kappa shape index (κ2) is 9.05. The summed E-state index contributed by atoms with van der Waals surface area (Å²) in [6, 6.07) is 4.87. The molecule has 1 aromatic rings. The van der Waals surface area contributed by atoms with Gasteiger partial charge >= 0.3 is 0 Å². The number of amidine groups is 1. The number of nitrogens with zero attached hydrogens (tertiary/aromatic N) is 3. The Labute approximate surface area is 170 Å². The molecule has 7 heteroatoms. The van der Waals surface area contributed by atoms with Crippen molar-refractivity contribution in [3.05, 3.63) is 72.2 Å². The highest BCUT2D eigenvalue weighted by Gasteiger charge is 2.31. The molecule has 0 bridgehead atoms. The van der Waals surface area contributed by atoms with Crippen molar-refractivity contribution in [2.45, 2.75) is 26.7 Å². The van der Waals surface area contributed by atoms with Crippen molar-refractivity contribution in [2.24, 2.45) is 5.10 Å². The minimum Gasteiger partial charge on any atom is -0.372 e. The Morgan fingerprint density at radius 1 is 1.38 bits per heavy atom. The van der Waals surface area contributed by atoms with E-state index >= 15 is 0 Å². The number of ether oxygens (including phenoxy) is 1. The Bertz CT molecular complexity index is 900. The molecule has 0 amide bonds. The van der Waals surface area contributed by atoms with Crippen LogP contribution in [0.3, 0.4) is 0 Å². The fraction of sp³-hybridized carbons (Fsp3) is 0.318. The molecule has 0 saturated carbocycles. The number of hydrazone groups is 1. The third-order valence-electron chi connectivity index (χ3n) is 4.75. The molecule has 0 atom stereocenters. The van der Waals surface area contributed by atoms with E-state index in [-0.39, 0.29) is 5.83 Å². The van der Waals surface area contributed by atoms with Gasteiger partial charge in [-0.05, 0) is 45.0 Å². The molecule has 1 fully saturated rings. The van der Waals surface area contributed by atoms with Gasteiger partial charge in [0, 0.05) is 17.8 Å². The van der Waals surface area contributed by atoms with Crippen LogP contribution in [0.15, 0.2) is 66.0 Å². The molecule has 1 saturated heterocycles. The number of benzene rings is 1. The van der Waals surface area contributed by atoms with Gasteiger partial charge in [0.1, 0.15) is 23.9 Å². The van der Waals surface area contributed by atoms with E-state index in [1.807, 2.05) is 18.0 Å². The molecule has 0 unspecified atom stereocenters. The maximum Gasteiger partial charge on any atom is 0.157 e. The monoisotopic (exact) mass is 400 g/mol. The largest absolute Gasteiger partial charge is 0.372 e. The molecule has 2 aliphatic heterocycles. The molecule has 2 aliphatic rings.